The average molecular weight is 237 g/mol. The SMILES string of the molecule is Cc1ccc(N(C)C[C@H]2COC(N)=N2)c(F)c1. The monoisotopic (exact) mass is 237 g/mol. The van der Waals surface area contributed by atoms with Crippen LogP contribution in [0.2, 0.25) is 0 Å². The number of hydrogen-bond acceptors (Lipinski definition) is 4. The van der Waals surface area contributed by atoms with Crippen LogP contribution in [0, 0.1) is 12.7 Å². The molecule has 2 rings (SSSR count). The molecule has 92 valence electrons. The van der Waals surface area contributed by atoms with Gasteiger partial charge in [-0.3, -0.25) is 0 Å². The van der Waals surface area contributed by atoms with Crippen LogP contribution in [0.5, 0.6) is 0 Å². The molecule has 5 heteroatoms. The highest BCUT2D eigenvalue weighted by Gasteiger charge is 2.19. The van der Waals surface area contributed by atoms with Crippen LogP contribution >= 0.6 is 0 Å². The molecule has 0 aromatic heterocycles. The maximum atomic E-state index is 13.7. The standard InChI is InChI=1S/C12H16FN3O/c1-8-3-4-11(10(13)5-8)16(2)6-9-7-17-12(14)15-9/h3-5,9H,6-7H2,1-2H3,(H2,14,15)/t9-/m0/s1. The van der Waals surface area contributed by atoms with Gasteiger partial charge in [0, 0.05) is 13.6 Å². The third-order valence-corrected chi connectivity index (χ3v) is 2.73. The Balaban J connectivity index is 2.07. The second-order valence-electron chi connectivity index (χ2n) is 4.27. The number of aryl methyl sites for hydroxylation is 1. The van der Waals surface area contributed by atoms with Gasteiger partial charge in [0.15, 0.2) is 0 Å². The zero-order valence-electron chi connectivity index (χ0n) is 9.98. The lowest BCUT2D eigenvalue weighted by molar-refractivity contribution is 0.314. The highest BCUT2D eigenvalue weighted by atomic mass is 19.1. The molecule has 0 saturated carbocycles. The topological polar surface area (TPSA) is 50.9 Å². The van der Waals surface area contributed by atoms with Gasteiger partial charge in [-0.05, 0) is 24.6 Å². The molecule has 0 unspecified atom stereocenters. The maximum Gasteiger partial charge on any atom is 0.282 e. The number of amidine groups is 1. The molecule has 4 nitrogen and oxygen atoms in total. The first-order chi connectivity index (χ1) is 8.06. The van der Waals surface area contributed by atoms with Gasteiger partial charge < -0.3 is 15.4 Å². The lowest BCUT2D eigenvalue weighted by Gasteiger charge is -2.21. The molecule has 0 spiro atoms. The van der Waals surface area contributed by atoms with E-state index in [-0.39, 0.29) is 17.9 Å². The first kappa shape index (κ1) is 11.7. The lowest BCUT2D eigenvalue weighted by Crippen LogP contribution is -2.29. The van der Waals surface area contributed by atoms with Crippen LogP contribution in [-0.2, 0) is 4.74 Å². The Morgan fingerprint density at radius 3 is 2.94 bits per heavy atom. The molecule has 0 saturated heterocycles. The first-order valence-corrected chi connectivity index (χ1v) is 5.49. The van der Waals surface area contributed by atoms with Crippen molar-refractivity contribution in [2.75, 3.05) is 25.1 Å². The van der Waals surface area contributed by atoms with Crippen LogP contribution in [0.3, 0.4) is 0 Å². The number of benzene rings is 1. The Morgan fingerprint density at radius 2 is 2.35 bits per heavy atom. The van der Waals surface area contributed by atoms with Gasteiger partial charge in [0.05, 0.1) is 5.69 Å². The average Bonchev–Trinajstić information content (AvgIpc) is 2.63. The van der Waals surface area contributed by atoms with Crippen LogP contribution in [0.25, 0.3) is 0 Å². The van der Waals surface area contributed by atoms with Crippen molar-refractivity contribution in [2.45, 2.75) is 13.0 Å². The summed E-state index contributed by atoms with van der Waals surface area (Å²) in [5.74, 6) is -0.219. The molecule has 0 bridgehead atoms. The first-order valence-electron chi connectivity index (χ1n) is 5.49. The van der Waals surface area contributed by atoms with Crippen molar-refractivity contribution in [2.24, 2.45) is 10.7 Å². The predicted octanol–water partition coefficient (Wildman–Crippen LogP) is 1.28. The summed E-state index contributed by atoms with van der Waals surface area (Å²) < 4.78 is 18.8. The van der Waals surface area contributed by atoms with E-state index in [9.17, 15) is 4.39 Å². The molecule has 2 N–H and O–H groups in total. The third kappa shape index (κ3) is 2.67. The summed E-state index contributed by atoms with van der Waals surface area (Å²) in [4.78, 5) is 5.93. The van der Waals surface area contributed by atoms with E-state index in [0.29, 0.717) is 18.8 Å². The third-order valence-electron chi connectivity index (χ3n) is 2.73. The number of halogens is 1. The summed E-state index contributed by atoms with van der Waals surface area (Å²) in [6.45, 7) is 2.91. The van der Waals surface area contributed by atoms with Gasteiger partial charge in [-0.15, -0.1) is 0 Å². The van der Waals surface area contributed by atoms with Gasteiger partial charge in [0.2, 0.25) is 0 Å². The highest BCUT2D eigenvalue weighted by Crippen LogP contribution is 2.20. The summed E-state index contributed by atoms with van der Waals surface area (Å²) in [6.07, 6.45) is 0. The predicted molar refractivity (Wildman–Crippen MR) is 65.8 cm³/mol. The number of rotatable bonds is 3. The van der Waals surface area contributed by atoms with Crippen LogP contribution in [0.4, 0.5) is 10.1 Å². The van der Waals surface area contributed by atoms with Crippen LogP contribution in [-0.4, -0.2) is 32.3 Å². The minimum atomic E-state index is -0.219. The summed E-state index contributed by atoms with van der Waals surface area (Å²) in [5, 5.41) is 0. The number of nitrogens with zero attached hydrogens (tertiary/aromatic N) is 2. The molecule has 1 aliphatic heterocycles. The van der Waals surface area contributed by atoms with Gasteiger partial charge in [-0.1, -0.05) is 6.07 Å². The fraction of sp³-hybridized carbons (Fsp3) is 0.417. The van der Waals surface area contributed by atoms with Crippen molar-refractivity contribution in [1.29, 1.82) is 0 Å². The molecular formula is C12H16FN3O. The van der Waals surface area contributed by atoms with Crippen LogP contribution in [0.15, 0.2) is 23.2 Å². The van der Waals surface area contributed by atoms with Crippen LogP contribution in [0.1, 0.15) is 5.56 Å². The molecule has 0 aliphatic carbocycles. The number of hydrogen-bond donors (Lipinski definition) is 1. The Kier molecular flexibility index (Phi) is 3.17. The largest absolute Gasteiger partial charge is 0.463 e. The minimum Gasteiger partial charge on any atom is -0.463 e. The van der Waals surface area contributed by atoms with Crippen molar-refractivity contribution < 1.29 is 9.13 Å². The summed E-state index contributed by atoms with van der Waals surface area (Å²) in [6, 6.07) is 5.37. The van der Waals surface area contributed by atoms with Gasteiger partial charge >= 0.3 is 0 Å². The quantitative estimate of drug-likeness (QED) is 0.861. The van der Waals surface area contributed by atoms with Gasteiger partial charge in [-0.25, -0.2) is 9.38 Å². The van der Waals surface area contributed by atoms with Crippen molar-refractivity contribution in [1.82, 2.24) is 0 Å². The van der Waals surface area contributed by atoms with E-state index in [0.717, 1.165) is 5.56 Å². The van der Waals surface area contributed by atoms with Gasteiger partial charge in [0.1, 0.15) is 18.5 Å². The van der Waals surface area contributed by atoms with Crippen LogP contribution < -0.4 is 10.6 Å². The fourth-order valence-corrected chi connectivity index (χ4v) is 1.87. The van der Waals surface area contributed by atoms with E-state index in [2.05, 4.69) is 4.99 Å². The summed E-state index contributed by atoms with van der Waals surface area (Å²) in [7, 11) is 1.83. The molecule has 1 aromatic rings. The fourth-order valence-electron chi connectivity index (χ4n) is 1.87. The Labute approximate surface area is 99.9 Å². The number of nitrogens with two attached hydrogens (primary N) is 1. The molecule has 17 heavy (non-hydrogen) atoms. The number of likely N-dealkylation sites (N-methyl/N-ethyl adjacent to an activating group) is 1. The van der Waals surface area contributed by atoms with E-state index < -0.39 is 0 Å². The van der Waals surface area contributed by atoms with E-state index in [1.807, 2.05) is 24.9 Å². The zero-order chi connectivity index (χ0) is 12.4. The number of anilines is 1. The minimum absolute atomic E-state index is 0.0271. The molecule has 1 aromatic carbocycles. The van der Waals surface area contributed by atoms with Gasteiger partial charge in [-0.2, -0.15) is 0 Å². The van der Waals surface area contributed by atoms with E-state index >= 15 is 0 Å². The molecule has 1 heterocycles. The molecule has 0 fully saturated rings. The number of ether oxygens (including phenoxy) is 1. The zero-order valence-corrected chi connectivity index (χ0v) is 9.98. The molecule has 0 amide bonds. The summed E-state index contributed by atoms with van der Waals surface area (Å²) >= 11 is 0. The van der Waals surface area contributed by atoms with E-state index in [4.69, 9.17) is 10.5 Å². The summed E-state index contributed by atoms with van der Waals surface area (Å²) in [5.41, 5.74) is 6.90. The van der Waals surface area contributed by atoms with Crippen molar-refractivity contribution in [3.8, 4) is 0 Å². The molecule has 1 aliphatic rings. The normalized spacial score (nSPS) is 18.8. The van der Waals surface area contributed by atoms with Crippen molar-refractivity contribution >= 4 is 11.7 Å². The Hall–Kier alpha value is -1.78. The molecule has 1 atom stereocenters. The highest BCUT2D eigenvalue weighted by molar-refractivity contribution is 5.73. The number of aliphatic imine (C=N–C) groups is 1. The smallest absolute Gasteiger partial charge is 0.282 e. The van der Waals surface area contributed by atoms with E-state index in [1.54, 1.807) is 6.07 Å². The van der Waals surface area contributed by atoms with Gasteiger partial charge in [0.25, 0.3) is 6.02 Å². The van der Waals surface area contributed by atoms with E-state index in [1.165, 1.54) is 6.07 Å². The second kappa shape index (κ2) is 4.61. The van der Waals surface area contributed by atoms with Crippen molar-refractivity contribution in [3.05, 3.63) is 29.6 Å². The second-order valence-corrected chi connectivity index (χ2v) is 4.27. The van der Waals surface area contributed by atoms with Crippen molar-refractivity contribution in [3.63, 3.8) is 0 Å². The molecule has 0 radical (unpaired) electrons. The molecular weight excluding hydrogens is 221 g/mol. The maximum absolute atomic E-state index is 13.7. The Bertz CT molecular complexity index is 447. The lowest BCUT2D eigenvalue weighted by atomic mass is 10.2. The Morgan fingerprint density at radius 1 is 1.59 bits per heavy atom.